The van der Waals surface area contributed by atoms with E-state index in [1.807, 2.05) is 6.92 Å². The van der Waals surface area contributed by atoms with Crippen molar-refractivity contribution >= 4 is 27.5 Å². The number of hydrogen-bond donors (Lipinski definition) is 2. The molecule has 1 atom stereocenters. The Hall–Kier alpha value is -1.11. The van der Waals surface area contributed by atoms with Gasteiger partial charge in [-0.3, -0.25) is 4.79 Å². The van der Waals surface area contributed by atoms with E-state index in [9.17, 15) is 13.2 Å². The zero-order chi connectivity index (χ0) is 16.9. The largest absolute Gasteiger partial charge is 0.350 e. The van der Waals surface area contributed by atoms with E-state index >= 15 is 0 Å². The molecule has 22 heavy (non-hydrogen) atoms. The fraction of sp³-hybridized carbons (Fsp3) is 0.533. The number of amides is 1. The van der Waals surface area contributed by atoms with E-state index in [0.717, 1.165) is 12.8 Å². The summed E-state index contributed by atoms with van der Waals surface area (Å²) in [5, 5.41) is 3.08. The van der Waals surface area contributed by atoms with Gasteiger partial charge in [0.1, 0.15) is 0 Å². The number of sulfonamides is 1. The summed E-state index contributed by atoms with van der Waals surface area (Å²) in [5.74, 6) is 0.196. The van der Waals surface area contributed by atoms with Gasteiger partial charge < -0.3 is 5.32 Å². The maximum absolute atomic E-state index is 12.3. The van der Waals surface area contributed by atoms with Crippen LogP contribution in [0.3, 0.4) is 0 Å². The Kier molecular flexibility index (Phi) is 6.84. The lowest BCUT2D eigenvalue weighted by atomic mass is 10.0. The van der Waals surface area contributed by atoms with Gasteiger partial charge >= 0.3 is 0 Å². The molecule has 0 spiro atoms. The number of rotatable bonds is 7. The van der Waals surface area contributed by atoms with Crippen molar-refractivity contribution in [3.8, 4) is 0 Å². The highest BCUT2D eigenvalue weighted by Gasteiger charge is 2.18. The number of carbonyl (C=O) groups is 1. The zero-order valence-electron chi connectivity index (χ0n) is 13.3. The molecule has 0 aliphatic heterocycles. The monoisotopic (exact) mass is 346 g/mol. The van der Waals surface area contributed by atoms with Gasteiger partial charge in [0, 0.05) is 6.04 Å². The van der Waals surface area contributed by atoms with Gasteiger partial charge in [0.2, 0.25) is 10.0 Å². The molecule has 5 nitrogen and oxygen atoms in total. The Morgan fingerprint density at radius 1 is 1.23 bits per heavy atom. The minimum absolute atomic E-state index is 0.00414. The Labute approximate surface area is 137 Å². The first-order valence-electron chi connectivity index (χ1n) is 7.21. The van der Waals surface area contributed by atoms with Crippen LogP contribution in [-0.4, -0.2) is 27.4 Å². The van der Waals surface area contributed by atoms with Crippen LogP contribution in [0.4, 0.5) is 0 Å². The summed E-state index contributed by atoms with van der Waals surface area (Å²) in [4.78, 5) is 12.3. The van der Waals surface area contributed by atoms with Crippen molar-refractivity contribution in [2.75, 3.05) is 7.05 Å². The van der Waals surface area contributed by atoms with Crippen LogP contribution in [0.2, 0.25) is 5.02 Å². The number of carbonyl (C=O) groups excluding carboxylic acids is 1. The minimum atomic E-state index is -3.61. The molecule has 0 saturated carbocycles. The van der Waals surface area contributed by atoms with Crippen molar-refractivity contribution in [3.05, 3.63) is 28.8 Å². The maximum atomic E-state index is 12.3. The molecule has 0 heterocycles. The molecule has 124 valence electrons. The first-order chi connectivity index (χ1) is 10.2. The summed E-state index contributed by atoms with van der Waals surface area (Å²) < 4.78 is 25.8. The van der Waals surface area contributed by atoms with Gasteiger partial charge in [0.15, 0.2) is 0 Å². The molecule has 1 aromatic carbocycles. The number of halogens is 1. The van der Waals surface area contributed by atoms with Gasteiger partial charge in [-0.2, -0.15) is 0 Å². The predicted octanol–water partition coefficient (Wildman–Crippen LogP) is 2.80. The molecule has 2 N–H and O–H groups in total. The SMILES string of the molecule is CNS(=O)(=O)c1ccc(Cl)c(C(=O)NC(C)CCC(C)C)c1. The molecule has 0 radical (unpaired) electrons. The second-order valence-electron chi connectivity index (χ2n) is 5.69. The van der Waals surface area contributed by atoms with E-state index in [0.29, 0.717) is 5.92 Å². The molecular weight excluding hydrogens is 324 g/mol. The number of benzene rings is 1. The topological polar surface area (TPSA) is 75.3 Å². The van der Waals surface area contributed by atoms with Gasteiger partial charge in [-0.25, -0.2) is 13.1 Å². The van der Waals surface area contributed by atoms with E-state index in [4.69, 9.17) is 11.6 Å². The Bertz CT molecular complexity index is 630. The lowest BCUT2D eigenvalue weighted by molar-refractivity contribution is 0.0937. The van der Waals surface area contributed by atoms with Crippen LogP contribution in [0.25, 0.3) is 0 Å². The van der Waals surface area contributed by atoms with Gasteiger partial charge in [-0.1, -0.05) is 25.4 Å². The summed E-state index contributed by atoms with van der Waals surface area (Å²) >= 11 is 6.02. The smallest absolute Gasteiger partial charge is 0.253 e. The van der Waals surface area contributed by atoms with Gasteiger partial charge in [-0.05, 0) is 50.9 Å². The third-order valence-electron chi connectivity index (χ3n) is 3.32. The highest BCUT2D eigenvalue weighted by molar-refractivity contribution is 7.89. The normalized spacial score (nSPS) is 13.2. The molecule has 1 unspecified atom stereocenters. The Morgan fingerprint density at radius 2 is 1.86 bits per heavy atom. The quantitative estimate of drug-likeness (QED) is 0.797. The third kappa shape index (κ3) is 5.26. The van der Waals surface area contributed by atoms with Crippen molar-refractivity contribution in [1.82, 2.24) is 10.0 Å². The predicted molar refractivity (Wildman–Crippen MR) is 88.7 cm³/mol. The van der Waals surface area contributed by atoms with Gasteiger partial charge in [0.05, 0.1) is 15.5 Å². The maximum Gasteiger partial charge on any atom is 0.253 e. The number of hydrogen-bond acceptors (Lipinski definition) is 3. The van der Waals surface area contributed by atoms with E-state index in [-0.39, 0.29) is 27.4 Å². The second kappa shape index (κ2) is 7.94. The van der Waals surface area contributed by atoms with E-state index in [1.165, 1.54) is 25.2 Å². The summed E-state index contributed by atoms with van der Waals surface area (Å²) in [6, 6.07) is 4.07. The third-order valence-corrected chi connectivity index (χ3v) is 5.06. The molecule has 1 amide bonds. The first-order valence-corrected chi connectivity index (χ1v) is 9.07. The lowest BCUT2D eigenvalue weighted by Crippen LogP contribution is -2.33. The lowest BCUT2D eigenvalue weighted by Gasteiger charge is -2.16. The average Bonchev–Trinajstić information content (AvgIpc) is 2.45. The molecule has 1 rings (SSSR count). The highest BCUT2D eigenvalue weighted by atomic mass is 35.5. The van der Waals surface area contributed by atoms with Crippen molar-refractivity contribution in [1.29, 1.82) is 0 Å². The van der Waals surface area contributed by atoms with Crippen LogP contribution < -0.4 is 10.0 Å². The molecule has 1 aromatic rings. The molecule has 0 aromatic heterocycles. The summed E-state index contributed by atoms with van der Waals surface area (Å²) in [6.07, 6.45) is 1.86. The number of nitrogens with one attached hydrogen (secondary N) is 2. The highest BCUT2D eigenvalue weighted by Crippen LogP contribution is 2.20. The molecule has 0 saturated heterocycles. The van der Waals surface area contributed by atoms with Crippen LogP contribution in [0.15, 0.2) is 23.1 Å². The van der Waals surface area contributed by atoms with E-state index in [1.54, 1.807) is 0 Å². The van der Waals surface area contributed by atoms with Crippen LogP contribution in [-0.2, 0) is 10.0 Å². The second-order valence-corrected chi connectivity index (χ2v) is 7.99. The fourth-order valence-electron chi connectivity index (χ4n) is 1.92. The molecule has 0 fully saturated rings. The Morgan fingerprint density at radius 3 is 2.41 bits per heavy atom. The molecule has 0 aliphatic carbocycles. The van der Waals surface area contributed by atoms with Gasteiger partial charge in [0.25, 0.3) is 5.91 Å². The molecule has 0 bridgehead atoms. The first kappa shape index (κ1) is 18.9. The van der Waals surface area contributed by atoms with E-state index in [2.05, 4.69) is 23.9 Å². The molecule has 7 heteroatoms. The Balaban J connectivity index is 2.91. The fourth-order valence-corrected chi connectivity index (χ4v) is 2.88. The van der Waals surface area contributed by atoms with Crippen molar-refractivity contribution in [3.63, 3.8) is 0 Å². The molecular formula is C15H23ClN2O3S. The summed E-state index contributed by atoms with van der Waals surface area (Å²) in [7, 11) is -2.29. The standard InChI is InChI=1S/C15H23ClN2O3S/c1-10(2)5-6-11(3)18-15(19)13-9-12(7-8-14(13)16)22(20,21)17-4/h7-11,17H,5-6H2,1-4H3,(H,18,19). The zero-order valence-corrected chi connectivity index (χ0v) is 14.9. The van der Waals surface area contributed by atoms with Crippen molar-refractivity contribution < 1.29 is 13.2 Å². The minimum Gasteiger partial charge on any atom is -0.350 e. The van der Waals surface area contributed by atoms with Crippen molar-refractivity contribution in [2.45, 2.75) is 44.6 Å². The van der Waals surface area contributed by atoms with Crippen molar-refractivity contribution in [2.24, 2.45) is 5.92 Å². The van der Waals surface area contributed by atoms with Crippen LogP contribution >= 0.6 is 11.6 Å². The van der Waals surface area contributed by atoms with Gasteiger partial charge in [-0.15, -0.1) is 0 Å². The summed E-state index contributed by atoms with van der Waals surface area (Å²) in [6.45, 7) is 6.16. The van der Waals surface area contributed by atoms with Crippen LogP contribution in [0, 0.1) is 5.92 Å². The van der Waals surface area contributed by atoms with E-state index < -0.39 is 10.0 Å². The molecule has 0 aliphatic rings. The average molecular weight is 347 g/mol. The van der Waals surface area contributed by atoms with Crippen LogP contribution in [0.1, 0.15) is 44.0 Å². The van der Waals surface area contributed by atoms with Crippen LogP contribution in [0.5, 0.6) is 0 Å². The summed E-state index contributed by atoms with van der Waals surface area (Å²) in [5.41, 5.74) is 0.161.